The van der Waals surface area contributed by atoms with Crippen LogP contribution >= 0.6 is 0 Å². The fourth-order valence-corrected chi connectivity index (χ4v) is 2.93. The Hall–Kier alpha value is -2.77. The number of ether oxygens (including phenoxy) is 2. The Kier molecular flexibility index (Phi) is 5.53. The third-order valence-corrected chi connectivity index (χ3v) is 4.27. The topological polar surface area (TPSA) is 75.6 Å². The van der Waals surface area contributed by atoms with E-state index in [1.807, 2.05) is 12.1 Å². The van der Waals surface area contributed by atoms with Crippen LogP contribution in [-0.2, 0) is 0 Å². The number of methoxy groups -OCH3 is 2. The summed E-state index contributed by atoms with van der Waals surface area (Å²) < 4.78 is 10.5. The molecule has 1 aliphatic rings. The van der Waals surface area contributed by atoms with Crippen LogP contribution in [0.5, 0.6) is 11.8 Å². The summed E-state index contributed by atoms with van der Waals surface area (Å²) in [6, 6.07) is 8.48. The molecule has 8 heteroatoms. The van der Waals surface area contributed by atoms with Gasteiger partial charge in [0.05, 0.1) is 14.2 Å². The van der Waals surface area contributed by atoms with E-state index in [0.29, 0.717) is 17.9 Å². The van der Waals surface area contributed by atoms with Crippen molar-refractivity contribution in [3.8, 4) is 11.8 Å². The average molecular weight is 372 g/mol. The van der Waals surface area contributed by atoms with Gasteiger partial charge in [0, 0.05) is 37.4 Å². The molecule has 0 aliphatic carbocycles. The molecular weight excluding hydrogens is 344 g/mol. The molecule has 1 fully saturated rings. The maximum atomic E-state index is 5.26. The quantitative estimate of drug-likeness (QED) is 0.858. The molecule has 0 unspecified atom stereocenters. The predicted molar refractivity (Wildman–Crippen MR) is 107 cm³/mol. The predicted octanol–water partition coefficient (Wildman–Crippen LogP) is 2.43. The minimum atomic E-state index is -0.142. The van der Waals surface area contributed by atoms with Gasteiger partial charge in [-0.25, -0.2) is 0 Å². The van der Waals surface area contributed by atoms with Crippen LogP contribution in [0.25, 0.3) is 0 Å². The maximum Gasteiger partial charge on any atom is 0.322 e. The smallest absolute Gasteiger partial charge is 0.322 e. The number of aromatic nitrogens is 3. The molecule has 0 spiro atoms. The van der Waals surface area contributed by atoms with Crippen molar-refractivity contribution in [3.63, 3.8) is 0 Å². The minimum absolute atomic E-state index is 0.142. The monoisotopic (exact) mass is 372 g/mol. The highest BCUT2D eigenvalue weighted by Crippen LogP contribution is 2.23. The molecule has 2 aromatic rings. The number of piperazine rings is 1. The number of anilines is 3. The van der Waals surface area contributed by atoms with E-state index >= 15 is 0 Å². The second-order valence-corrected chi connectivity index (χ2v) is 7.49. The average Bonchev–Trinajstić information content (AvgIpc) is 2.66. The normalized spacial score (nSPS) is 14.9. The van der Waals surface area contributed by atoms with Crippen molar-refractivity contribution in [2.75, 3.05) is 55.5 Å². The molecule has 1 saturated heterocycles. The number of nitrogens with zero attached hydrogens (tertiary/aromatic N) is 5. The first kappa shape index (κ1) is 19.0. The summed E-state index contributed by atoms with van der Waals surface area (Å²) in [5.41, 5.74) is 1.05. The van der Waals surface area contributed by atoms with Gasteiger partial charge in [-0.3, -0.25) is 0 Å². The highest BCUT2D eigenvalue weighted by molar-refractivity contribution is 5.51. The molecule has 0 radical (unpaired) electrons. The molecule has 27 heavy (non-hydrogen) atoms. The second kappa shape index (κ2) is 7.85. The maximum absolute atomic E-state index is 5.26. The summed E-state index contributed by atoms with van der Waals surface area (Å²) in [7, 11) is 3.25. The third-order valence-electron chi connectivity index (χ3n) is 4.27. The molecule has 1 aromatic heterocycles. The van der Waals surface area contributed by atoms with Gasteiger partial charge in [-0.2, -0.15) is 15.0 Å². The Balaban J connectivity index is 1.70. The molecule has 146 valence electrons. The summed E-state index contributed by atoms with van der Waals surface area (Å²) in [4.78, 5) is 17.8. The standard InChI is InChI=1S/C19H28N6O2/c1-19(2,3)23-16-20-17(22-18(21-16)27-5)25-12-10-24(11-13-25)14-6-8-15(26-4)9-7-14/h6-9H,10-13H2,1-5H3,(H,20,21,22,23). The highest BCUT2D eigenvalue weighted by atomic mass is 16.5. The van der Waals surface area contributed by atoms with E-state index in [1.54, 1.807) is 14.2 Å². The van der Waals surface area contributed by atoms with Gasteiger partial charge in [0.1, 0.15) is 5.75 Å². The Labute approximate surface area is 160 Å². The molecule has 1 N–H and O–H groups in total. The van der Waals surface area contributed by atoms with E-state index < -0.39 is 0 Å². The van der Waals surface area contributed by atoms with Crippen molar-refractivity contribution in [2.24, 2.45) is 0 Å². The van der Waals surface area contributed by atoms with Crippen molar-refractivity contribution < 1.29 is 9.47 Å². The molecule has 2 heterocycles. The molecule has 0 saturated carbocycles. The number of hydrogen-bond acceptors (Lipinski definition) is 8. The minimum Gasteiger partial charge on any atom is -0.497 e. The van der Waals surface area contributed by atoms with E-state index in [2.05, 4.69) is 63.0 Å². The largest absolute Gasteiger partial charge is 0.497 e. The first-order chi connectivity index (χ1) is 12.9. The fraction of sp³-hybridized carbons (Fsp3) is 0.526. The Morgan fingerprint density at radius 3 is 2.04 bits per heavy atom. The Morgan fingerprint density at radius 2 is 1.48 bits per heavy atom. The molecular formula is C19H28N6O2. The molecule has 1 aliphatic heterocycles. The van der Waals surface area contributed by atoms with Crippen LogP contribution in [-0.4, -0.2) is 60.9 Å². The zero-order valence-electron chi connectivity index (χ0n) is 16.7. The summed E-state index contributed by atoms with van der Waals surface area (Å²) in [5.74, 6) is 2.04. The lowest BCUT2D eigenvalue weighted by Gasteiger charge is -2.36. The zero-order chi connectivity index (χ0) is 19.4. The number of benzene rings is 1. The SMILES string of the molecule is COc1ccc(N2CCN(c3nc(NC(C)(C)C)nc(OC)n3)CC2)cc1. The summed E-state index contributed by atoms with van der Waals surface area (Å²) in [6.45, 7) is 9.64. The lowest BCUT2D eigenvalue weighted by molar-refractivity contribution is 0.378. The lowest BCUT2D eigenvalue weighted by Crippen LogP contribution is -2.47. The van der Waals surface area contributed by atoms with Gasteiger partial charge < -0.3 is 24.6 Å². The Morgan fingerprint density at radius 1 is 0.852 bits per heavy atom. The van der Waals surface area contributed by atoms with Gasteiger partial charge in [0.2, 0.25) is 11.9 Å². The fourth-order valence-electron chi connectivity index (χ4n) is 2.93. The van der Waals surface area contributed by atoms with E-state index in [-0.39, 0.29) is 5.54 Å². The van der Waals surface area contributed by atoms with Crippen molar-refractivity contribution in [1.29, 1.82) is 0 Å². The molecule has 0 atom stereocenters. The summed E-state index contributed by atoms with van der Waals surface area (Å²) in [6.07, 6.45) is 0. The third kappa shape index (κ3) is 4.90. The lowest BCUT2D eigenvalue weighted by atomic mass is 10.1. The first-order valence-electron chi connectivity index (χ1n) is 9.10. The van der Waals surface area contributed by atoms with Crippen LogP contribution in [0, 0.1) is 0 Å². The number of hydrogen-bond donors (Lipinski definition) is 1. The van der Waals surface area contributed by atoms with Crippen LogP contribution in [0.3, 0.4) is 0 Å². The summed E-state index contributed by atoms with van der Waals surface area (Å²) >= 11 is 0. The van der Waals surface area contributed by atoms with Gasteiger partial charge in [0.15, 0.2) is 0 Å². The van der Waals surface area contributed by atoms with Crippen LogP contribution in [0.15, 0.2) is 24.3 Å². The van der Waals surface area contributed by atoms with Gasteiger partial charge in [-0.15, -0.1) is 0 Å². The molecule has 0 bridgehead atoms. The Bertz CT molecular complexity index is 752. The molecule has 3 rings (SSSR count). The van der Waals surface area contributed by atoms with Crippen LogP contribution in [0.2, 0.25) is 0 Å². The van der Waals surface area contributed by atoms with E-state index in [4.69, 9.17) is 9.47 Å². The second-order valence-electron chi connectivity index (χ2n) is 7.49. The zero-order valence-corrected chi connectivity index (χ0v) is 16.7. The highest BCUT2D eigenvalue weighted by Gasteiger charge is 2.22. The van der Waals surface area contributed by atoms with Gasteiger partial charge >= 0.3 is 6.01 Å². The van der Waals surface area contributed by atoms with Crippen LogP contribution in [0.4, 0.5) is 17.6 Å². The van der Waals surface area contributed by atoms with Gasteiger partial charge in [0.25, 0.3) is 0 Å². The van der Waals surface area contributed by atoms with E-state index in [1.165, 1.54) is 5.69 Å². The van der Waals surface area contributed by atoms with Gasteiger partial charge in [-0.1, -0.05) is 0 Å². The van der Waals surface area contributed by atoms with Crippen molar-refractivity contribution in [1.82, 2.24) is 15.0 Å². The molecule has 8 nitrogen and oxygen atoms in total. The van der Waals surface area contributed by atoms with Crippen molar-refractivity contribution >= 4 is 17.6 Å². The van der Waals surface area contributed by atoms with Gasteiger partial charge in [-0.05, 0) is 45.0 Å². The van der Waals surface area contributed by atoms with Crippen molar-refractivity contribution in [3.05, 3.63) is 24.3 Å². The van der Waals surface area contributed by atoms with Crippen LogP contribution in [0.1, 0.15) is 20.8 Å². The van der Waals surface area contributed by atoms with Crippen molar-refractivity contribution in [2.45, 2.75) is 26.3 Å². The van der Waals surface area contributed by atoms with E-state index in [9.17, 15) is 0 Å². The first-order valence-corrected chi connectivity index (χ1v) is 9.10. The molecule has 1 aromatic carbocycles. The molecule has 0 amide bonds. The van der Waals surface area contributed by atoms with Crippen LogP contribution < -0.4 is 24.6 Å². The number of rotatable bonds is 5. The van der Waals surface area contributed by atoms with E-state index in [0.717, 1.165) is 31.9 Å². The number of nitrogens with one attached hydrogen (secondary N) is 1. The summed E-state index contributed by atoms with van der Waals surface area (Å²) in [5, 5.41) is 3.29.